The molecule has 0 saturated carbocycles. The van der Waals surface area contributed by atoms with Crippen molar-refractivity contribution in [1.82, 2.24) is 0 Å². The molecule has 0 aliphatic heterocycles. The molecule has 0 aliphatic carbocycles. The van der Waals surface area contributed by atoms with Crippen molar-refractivity contribution in [1.29, 1.82) is 0 Å². The second kappa shape index (κ2) is 3.73. The molecule has 0 N–H and O–H groups in total. The highest BCUT2D eigenvalue weighted by Gasteiger charge is 2.30. The van der Waals surface area contributed by atoms with E-state index in [1.54, 1.807) is 0 Å². The van der Waals surface area contributed by atoms with E-state index in [-0.39, 0.29) is 16.5 Å². The molecule has 2 rings (SSSR count). The summed E-state index contributed by atoms with van der Waals surface area (Å²) in [5, 5.41) is -0.0329. The molecular formula is C11H5F3O3. The third-order valence-electron chi connectivity index (χ3n) is 2.23. The molecule has 0 unspecified atom stereocenters. The van der Waals surface area contributed by atoms with E-state index < -0.39 is 17.4 Å². The number of rotatable bonds is 1. The van der Waals surface area contributed by atoms with Crippen molar-refractivity contribution in [2.24, 2.45) is 0 Å². The van der Waals surface area contributed by atoms with Gasteiger partial charge in [0.15, 0.2) is 6.29 Å². The third-order valence-corrected chi connectivity index (χ3v) is 2.23. The van der Waals surface area contributed by atoms with Crippen LogP contribution in [0.25, 0.3) is 11.0 Å². The van der Waals surface area contributed by atoms with E-state index in [1.165, 1.54) is 0 Å². The smallest absolute Gasteiger partial charge is 0.416 e. The number of benzene rings is 1. The second-order valence-electron chi connectivity index (χ2n) is 3.35. The summed E-state index contributed by atoms with van der Waals surface area (Å²) in [6.07, 6.45) is -4.19. The van der Waals surface area contributed by atoms with Gasteiger partial charge >= 0.3 is 11.8 Å². The van der Waals surface area contributed by atoms with E-state index in [1.807, 2.05) is 0 Å². The highest BCUT2D eigenvalue weighted by Crippen LogP contribution is 2.31. The van der Waals surface area contributed by atoms with Gasteiger partial charge in [-0.05, 0) is 18.2 Å². The van der Waals surface area contributed by atoms with Crippen LogP contribution < -0.4 is 5.63 Å². The molecule has 0 saturated heterocycles. The first-order valence-corrected chi connectivity index (χ1v) is 4.52. The van der Waals surface area contributed by atoms with Gasteiger partial charge in [0.05, 0.1) is 5.56 Å². The number of aldehydes is 1. The minimum absolute atomic E-state index is 0.0329. The number of halogens is 3. The number of hydrogen-bond donors (Lipinski definition) is 0. The molecule has 88 valence electrons. The fourth-order valence-corrected chi connectivity index (χ4v) is 1.46. The Hall–Kier alpha value is -2.11. The molecule has 0 fully saturated rings. The van der Waals surface area contributed by atoms with Gasteiger partial charge in [-0.25, -0.2) is 4.79 Å². The molecule has 0 bridgehead atoms. The maximum absolute atomic E-state index is 12.5. The van der Waals surface area contributed by atoms with Crippen LogP contribution in [-0.2, 0) is 6.18 Å². The van der Waals surface area contributed by atoms with Crippen LogP contribution in [0.1, 0.15) is 15.9 Å². The van der Waals surface area contributed by atoms with Crippen molar-refractivity contribution in [3.05, 3.63) is 45.8 Å². The predicted molar refractivity (Wildman–Crippen MR) is 52.9 cm³/mol. The van der Waals surface area contributed by atoms with Crippen molar-refractivity contribution in [2.45, 2.75) is 6.18 Å². The van der Waals surface area contributed by atoms with E-state index >= 15 is 0 Å². The van der Waals surface area contributed by atoms with E-state index in [4.69, 9.17) is 0 Å². The molecule has 3 nitrogen and oxygen atoms in total. The summed E-state index contributed by atoms with van der Waals surface area (Å²) in [6, 6.07) is 3.45. The van der Waals surface area contributed by atoms with Gasteiger partial charge in [-0.3, -0.25) is 4.79 Å². The topological polar surface area (TPSA) is 47.3 Å². The van der Waals surface area contributed by atoms with Gasteiger partial charge in [-0.15, -0.1) is 0 Å². The van der Waals surface area contributed by atoms with Crippen LogP contribution in [0, 0.1) is 0 Å². The van der Waals surface area contributed by atoms with Gasteiger partial charge in [0.1, 0.15) is 5.58 Å². The zero-order valence-corrected chi connectivity index (χ0v) is 8.25. The summed E-state index contributed by atoms with van der Waals surface area (Å²) < 4.78 is 42.0. The first kappa shape index (κ1) is 11.4. The van der Waals surface area contributed by atoms with Gasteiger partial charge in [0, 0.05) is 17.0 Å². The van der Waals surface area contributed by atoms with Crippen molar-refractivity contribution < 1.29 is 22.4 Å². The highest BCUT2D eigenvalue weighted by molar-refractivity contribution is 5.95. The molecule has 2 aromatic rings. The molecule has 6 heteroatoms. The predicted octanol–water partition coefficient (Wildman–Crippen LogP) is 2.62. The molecule has 0 aliphatic rings. The average molecular weight is 242 g/mol. The van der Waals surface area contributed by atoms with Crippen LogP contribution in [0.4, 0.5) is 13.2 Å². The fourth-order valence-electron chi connectivity index (χ4n) is 1.46. The molecule has 1 aromatic heterocycles. The molecule has 1 aromatic carbocycles. The molecule has 0 atom stereocenters. The van der Waals surface area contributed by atoms with Gasteiger partial charge in [0.2, 0.25) is 0 Å². The highest BCUT2D eigenvalue weighted by atomic mass is 19.4. The van der Waals surface area contributed by atoms with Crippen LogP contribution in [0.15, 0.2) is 33.5 Å². The van der Waals surface area contributed by atoms with E-state index in [0.717, 1.165) is 24.3 Å². The maximum Gasteiger partial charge on any atom is 0.416 e. The normalized spacial score (nSPS) is 11.7. The lowest BCUT2D eigenvalue weighted by atomic mass is 10.1. The van der Waals surface area contributed by atoms with Crippen molar-refractivity contribution in [2.75, 3.05) is 0 Å². The minimum Gasteiger partial charge on any atom is -0.423 e. The first-order valence-electron chi connectivity index (χ1n) is 4.52. The summed E-state index contributed by atoms with van der Waals surface area (Å²) in [4.78, 5) is 21.7. The lowest BCUT2D eigenvalue weighted by Crippen LogP contribution is -2.06. The van der Waals surface area contributed by atoms with Crippen molar-refractivity contribution >= 4 is 17.3 Å². The summed E-state index contributed by atoms with van der Waals surface area (Å²) in [5.74, 6) is 0. The molecule has 0 amide bonds. The number of carbonyl (C=O) groups is 1. The zero-order valence-electron chi connectivity index (χ0n) is 8.25. The van der Waals surface area contributed by atoms with Crippen molar-refractivity contribution in [3.8, 4) is 0 Å². The van der Waals surface area contributed by atoms with E-state index in [0.29, 0.717) is 6.29 Å². The Kier molecular flexibility index (Phi) is 2.49. The summed E-state index contributed by atoms with van der Waals surface area (Å²) in [6.45, 7) is 0. The average Bonchev–Trinajstić information content (AvgIpc) is 2.25. The Balaban J connectivity index is 2.81. The van der Waals surface area contributed by atoms with Crippen LogP contribution in [0.5, 0.6) is 0 Å². The SMILES string of the molecule is O=Cc1cc(=O)oc2ccc(C(F)(F)F)cc12. The van der Waals surface area contributed by atoms with E-state index in [9.17, 15) is 22.8 Å². The maximum atomic E-state index is 12.5. The Morgan fingerprint density at radius 1 is 1.18 bits per heavy atom. The summed E-state index contributed by atoms with van der Waals surface area (Å²) >= 11 is 0. The Labute approximate surface area is 92.5 Å². The molecule has 17 heavy (non-hydrogen) atoms. The Morgan fingerprint density at radius 2 is 1.88 bits per heavy atom. The van der Waals surface area contributed by atoms with Crippen molar-refractivity contribution in [3.63, 3.8) is 0 Å². The van der Waals surface area contributed by atoms with Gasteiger partial charge in [-0.2, -0.15) is 13.2 Å². The molecular weight excluding hydrogens is 237 g/mol. The third kappa shape index (κ3) is 2.06. The number of fused-ring (bicyclic) bond motifs is 1. The largest absolute Gasteiger partial charge is 0.423 e. The zero-order chi connectivity index (χ0) is 12.6. The quantitative estimate of drug-likeness (QED) is 0.570. The standard InChI is InChI=1S/C11H5F3O3/c12-11(13,14)7-1-2-9-8(4-7)6(5-15)3-10(16)17-9/h1-5H. The van der Waals surface area contributed by atoms with Crippen LogP contribution in [0.2, 0.25) is 0 Å². The monoisotopic (exact) mass is 242 g/mol. The van der Waals surface area contributed by atoms with Gasteiger partial charge in [-0.1, -0.05) is 0 Å². The lowest BCUT2D eigenvalue weighted by molar-refractivity contribution is -0.137. The summed E-state index contributed by atoms with van der Waals surface area (Å²) in [7, 11) is 0. The van der Waals surface area contributed by atoms with Crippen LogP contribution in [-0.4, -0.2) is 6.29 Å². The Morgan fingerprint density at radius 3 is 2.47 bits per heavy atom. The van der Waals surface area contributed by atoms with E-state index in [2.05, 4.69) is 4.42 Å². The van der Waals surface area contributed by atoms with Crippen LogP contribution in [0.3, 0.4) is 0 Å². The second-order valence-corrected chi connectivity index (χ2v) is 3.35. The van der Waals surface area contributed by atoms with Gasteiger partial charge < -0.3 is 4.42 Å². The number of carbonyl (C=O) groups excluding carboxylic acids is 1. The first-order chi connectivity index (χ1) is 7.91. The number of hydrogen-bond acceptors (Lipinski definition) is 3. The minimum atomic E-state index is -4.51. The lowest BCUT2D eigenvalue weighted by Gasteiger charge is -2.07. The molecule has 0 spiro atoms. The molecule has 0 radical (unpaired) electrons. The number of alkyl halides is 3. The Bertz CT molecular complexity index is 640. The molecule has 1 heterocycles. The summed E-state index contributed by atoms with van der Waals surface area (Å²) in [5.41, 5.74) is -1.85. The fraction of sp³-hybridized carbons (Fsp3) is 0.0909. The van der Waals surface area contributed by atoms with Crippen LogP contribution >= 0.6 is 0 Å². The van der Waals surface area contributed by atoms with Gasteiger partial charge in [0.25, 0.3) is 0 Å².